The molecule has 0 radical (unpaired) electrons. The highest BCUT2D eigenvalue weighted by molar-refractivity contribution is 5.86. The van der Waals surface area contributed by atoms with E-state index >= 15 is 0 Å². The van der Waals surface area contributed by atoms with E-state index in [0.29, 0.717) is 0 Å². The minimum absolute atomic E-state index is 0.0650. The van der Waals surface area contributed by atoms with Crippen LogP contribution in [0, 0.1) is 0 Å². The van der Waals surface area contributed by atoms with Crippen molar-refractivity contribution in [3.8, 4) is 0 Å². The van der Waals surface area contributed by atoms with Crippen molar-refractivity contribution in [1.29, 1.82) is 0 Å². The lowest BCUT2D eigenvalue weighted by Gasteiger charge is -2.49. The minimum Gasteiger partial charge on any atom is -0.464 e. The van der Waals surface area contributed by atoms with Crippen molar-refractivity contribution < 1.29 is 14.3 Å². The minimum atomic E-state index is -0.464. The number of morpholine rings is 1. The maximum atomic E-state index is 11.4. The zero-order valence-electron chi connectivity index (χ0n) is 13.5. The molecule has 1 aromatic rings. The maximum Gasteiger partial charge on any atom is 0.358 e. The molecule has 1 aliphatic heterocycles. The average molecular weight is 305 g/mol. The second-order valence-electron chi connectivity index (χ2n) is 6.88. The first-order valence-electron chi connectivity index (χ1n) is 7.80. The number of ether oxygens (including phenoxy) is 2. The average Bonchev–Trinajstić information content (AvgIpc) is 2.92. The summed E-state index contributed by atoms with van der Waals surface area (Å²) in [7, 11) is 1.34. The molecule has 0 atom stereocenters. The van der Waals surface area contributed by atoms with Crippen LogP contribution in [0.15, 0.2) is 12.1 Å². The van der Waals surface area contributed by atoms with Gasteiger partial charge in [-0.15, -0.1) is 10.2 Å². The molecule has 3 rings (SSSR count). The third kappa shape index (κ3) is 2.92. The quantitative estimate of drug-likeness (QED) is 0.780. The van der Waals surface area contributed by atoms with Crippen LogP contribution in [-0.2, 0) is 9.47 Å². The standard InChI is InChI=1S/C16H23N3O3/c1-15(2)10-19(11-16(22-15)8-4-5-9-16)13-7-6-12(17-18-13)14(20)21-3/h6-7H,4-5,8-11H2,1-3H3. The summed E-state index contributed by atoms with van der Waals surface area (Å²) in [6.45, 7) is 5.84. The smallest absolute Gasteiger partial charge is 0.358 e. The summed E-state index contributed by atoms with van der Waals surface area (Å²) in [5.41, 5.74) is -0.0511. The fourth-order valence-corrected chi connectivity index (χ4v) is 3.66. The summed E-state index contributed by atoms with van der Waals surface area (Å²) in [5.74, 6) is 0.323. The predicted molar refractivity (Wildman–Crippen MR) is 81.9 cm³/mol. The summed E-state index contributed by atoms with van der Waals surface area (Å²) >= 11 is 0. The zero-order valence-corrected chi connectivity index (χ0v) is 13.5. The van der Waals surface area contributed by atoms with Crippen molar-refractivity contribution >= 4 is 11.8 Å². The first kappa shape index (κ1) is 15.2. The van der Waals surface area contributed by atoms with Crippen molar-refractivity contribution in [3.63, 3.8) is 0 Å². The Kier molecular flexibility index (Phi) is 3.80. The van der Waals surface area contributed by atoms with E-state index in [1.54, 1.807) is 6.07 Å². The maximum absolute atomic E-state index is 11.4. The molecule has 2 aliphatic rings. The highest BCUT2D eigenvalue weighted by Gasteiger charge is 2.46. The van der Waals surface area contributed by atoms with Crippen LogP contribution in [0.2, 0.25) is 0 Å². The Labute approximate surface area is 130 Å². The van der Waals surface area contributed by atoms with Crippen molar-refractivity contribution in [2.24, 2.45) is 0 Å². The molecule has 1 spiro atoms. The molecule has 6 nitrogen and oxygen atoms in total. The number of hydrogen-bond donors (Lipinski definition) is 0. The molecule has 6 heteroatoms. The molecule has 1 aliphatic carbocycles. The fraction of sp³-hybridized carbons (Fsp3) is 0.688. The molecule has 0 bridgehead atoms. The highest BCUT2D eigenvalue weighted by Crippen LogP contribution is 2.41. The van der Waals surface area contributed by atoms with Gasteiger partial charge >= 0.3 is 5.97 Å². The largest absolute Gasteiger partial charge is 0.464 e. The lowest BCUT2D eigenvalue weighted by molar-refractivity contribution is -0.148. The second kappa shape index (κ2) is 5.50. The van der Waals surface area contributed by atoms with Gasteiger partial charge in [-0.05, 0) is 38.8 Å². The Balaban J connectivity index is 1.82. The molecule has 0 aromatic carbocycles. The van der Waals surface area contributed by atoms with Gasteiger partial charge in [-0.1, -0.05) is 12.8 Å². The normalized spacial score (nSPS) is 22.8. The monoisotopic (exact) mass is 305 g/mol. The Morgan fingerprint density at radius 2 is 1.95 bits per heavy atom. The highest BCUT2D eigenvalue weighted by atomic mass is 16.5. The third-order valence-electron chi connectivity index (χ3n) is 4.43. The van der Waals surface area contributed by atoms with Gasteiger partial charge < -0.3 is 14.4 Å². The van der Waals surface area contributed by atoms with E-state index in [1.807, 2.05) is 6.07 Å². The van der Waals surface area contributed by atoms with Crippen molar-refractivity contribution in [2.45, 2.75) is 50.7 Å². The van der Waals surface area contributed by atoms with Gasteiger partial charge in [0.1, 0.15) is 0 Å². The molecule has 22 heavy (non-hydrogen) atoms. The van der Waals surface area contributed by atoms with Crippen molar-refractivity contribution in [3.05, 3.63) is 17.8 Å². The lowest BCUT2D eigenvalue weighted by Crippen LogP contribution is -2.59. The number of nitrogens with zero attached hydrogens (tertiary/aromatic N) is 3. The topological polar surface area (TPSA) is 64.5 Å². The number of hydrogen-bond acceptors (Lipinski definition) is 6. The number of esters is 1. The number of aromatic nitrogens is 2. The van der Waals surface area contributed by atoms with E-state index in [4.69, 9.17) is 4.74 Å². The predicted octanol–water partition coefficient (Wildman–Crippen LogP) is 2.19. The van der Waals surface area contributed by atoms with Crippen LogP contribution in [0.1, 0.15) is 50.0 Å². The van der Waals surface area contributed by atoms with Gasteiger partial charge in [-0.3, -0.25) is 0 Å². The summed E-state index contributed by atoms with van der Waals surface area (Å²) in [4.78, 5) is 13.7. The summed E-state index contributed by atoms with van der Waals surface area (Å²) in [5, 5.41) is 8.19. The Morgan fingerprint density at radius 1 is 1.23 bits per heavy atom. The van der Waals surface area contributed by atoms with E-state index in [2.05, 4.69) is 33.7 Å². The first-order chi connectivity index (χ1) is 10.4. The van der Waals surface area contributed by atoms with Gasteiger partial charge in [0.05, 0.1) is 18.3 Å². The molecule has 0 N–H and O–H groups in total. The van der Waals surface area contributed by atoms with Gasteiger partial charge in [0.15, 0.2) is 11.5 Å². The molecule has 1 saturated heterocycles. The summed E-state index contributed by atoms with van der Waals surface area (Å²) in [6, 6.07) is 3.50. The van der Waals surface area contributed by atoms with Gasteiger partial charge in [-0.25, -0.2) is 4.79 Å². The molecule has 2 fully saturated rings. The summed E-state index contributed by atoms with van der Waals surface area (Å²) in [6.07, 6.45) is 4.63. The van der Waals surface area contributed by atoms with E-state index < -0.39 is 5.97 Å². The van der Waals surface area contributed by atoms with Crippen LogP contribution in [0.5, 0.6) is 0 Å². The summed E-state index contributed by atoms with van der Waals surface area (Å²) < 4.78 is 11.0. The number of carbonyl (C=O) groups excluding carboxylic acids is 1. The molecule has 0 amide bonds. The Bertz CT molecular complexity index is 550. The Hall–Kier alpha value is -1.69. The molecule has 1 saturated carbocycles. The lowest BCUT2D eigenvalue weighted by atomic mass is 9.94. The van der Waals surface area contributed by atoms with Crippen LogP contribution >= 0.6 is 0 Å². The number of carbonyl (C=O) groups is 1. The SMILES string of the molecule is COC(=O)c1ccc(N2CC(C)(C)OC3(CCCC3)C2)nn1. The number of rotatable bonds is 2. The van der Waals surface area contributed by atoms with Gasteiger partial charge in [-0.2, -0.15) is 0 Å². The fourth-order valence-electron chi connectivity index (χ4n) is 3.66. The van der Waals surface area contributed by atoms with E-state index in [9.17, 15) is 4.79 Å². The third-order valence-corrected chi connectivity index (χ3v) is 4.43. The van der Waals surface area contributed by atoms with Crippen molar-refractivity contribution in [1.82, 2.24) is 10.2 Å². The molecule has 120 valence electrons. The first-order valence-corrected chi connectivity index (χ1v) is 7.80. The van der Waals surface area contributed by atoms with E-state index in [1.165, 1.54) is 20.0 Å². The van der Waals surface area contributed by atoms with Gasteiger partial charge in [0.2, 0.25) is 0 Å². The molecule has 0 unspecified atom stereocenters. The zero-order chi connectivity index (χ0) is 15.8. The van der Waals surface area contributed by atoms with Crippen LogP contribution in [0.25, 0.3) is 0 Å². The molecular weight excluding hydrogens is 282 g/mol. The van der Waals surface area contributed by atoms with Gasteiger partial charge in [0, 0.05) is 13.1 Å². The van der Waals surface area contributed by atoms with Crippen LogP contribution in [0.4, 0.5) is 5.82 Å². The molecule has 2 heterocycles. The van der Waals surface area contributed by atoms with Gasteiger partial charge in [0.25, 0.3) is 0 Å². The molecule has 1 aromatic heterocycles. The van der Waals surface area contributed by atoms with Crippen molar-refractivity contribution in [2.75, 3.05) is 25.1 Å². The van der Waals surface area contributed by atoms with Crippen LogP contribution in [-0.4, -0.2) is 47.6 Å². The number of methoxy groups -OCH3 is 1. The van der Waals surface area contributed by atoms with E-state index in [-0.39, 0.29) is 16.9 Å². The second-order valence-corrected chi connectivity index (χ2v) is 6.88. The van der Waals surface area contributed by atoms with Crippen LogP contribution < -0.4 is 4.90 Å². The van der Waals surface area contributed by atoms with Crippen LogP contribution in [0.3, 0.4) is 0 Å². The Morgan fingerprint density at radius 3 is 2.55 bits per heavy atom. The van der Waals surface area contributed by atoms with E-state index in [0.717, 1.165) is 31.7 Å². The molecular formula is C16H23N3O3. The number of anilines is 1.